The van der Waals surface area contributed by atoms with Crippen LogP contribution < -0.4 is 5.56 Å². The highest BCUT2D eigenvalue weighted by molar-refractivity contribution is 5.79. The Morgan fingerprint density at radius 2 is 1.86 bits per heavy atom. The summed E-state index contributed by atoms with van der Waals surface area (Å²) in [6, 6.07) is 11.7. The molecule has 0 aliphatic carbocycles. The van der Waals surface area contributed by atoms with Gasteiger partial charge in [0.15, 0.2) is 5.82 Å². The summed E-state index contributed by atoms with van der Waals surface area (Å²) in [6.07, 6.45) is 3.43. The van der Waals surface area contributed by atoms with E-state index in [1.54, 1.807) is 15.3 Å². The van der Waals surface area contributed by atoms with Gasteiger partial charge in [-0.25, -0.2) is 4.98 Å². The first-order valence-corrected chi connectivity index (χ1v) is 9.40. The third kappa shape index (κ3) is 3.06. The number of benzene rings is 1. The van der Waals surface area contributed by atoms with E-state index >= 15 is 0 Å². The molecule has 0 amide bonds. The van der Waals surface area contributed by atoms with Gasteiger partial charge in [0.25, 0.3) is 11.3 Å². The Labute approximate surface area is 161 Å². The maximum absolute atomic E-state index is 12.9. The molecule has 1 saturated heterocycles. The fourth-order valence-corrected chi connectivity index (χ4v) is 3.52. The van der Waals surface area contributed by atoms with E-state index in [-0.39, 0.29) is 5.56 Å². The standard InChI is InChI=1S/C20H20N6O2/c27-19-16-14-21-20-22-18(15-4-2-1-3-5-15)23-26(20)17(16)6-7-25(19)9-8-24-10-12-28-13-11-24/h1-7,14H,8-13H2. The summed E-state index contributed by atoms with van der Waals surface area (Å²) in [4.78, 5) is 24.1. The van der Waals surface area contributed by atoms with Gasteiger partial charge in [0.1, 0.15) is 0 Å². The molecule has 0 N–H and O–H groups in total. The normalized spacial score (nSPS) is 15.4. The van der Waals surface area contributed by atoms with Crippen LogP contribution in [-0.4, -0.2) is 61.9 Å². The molecule has 0 radical (unpaired) electrons. The van der Waals surface area contributed by atoms with Crippen molar-refractivity contribution in [3.8, 4) is 11.4 Å². The molecule has 28 heavy (non-hydrogen) atoms. The van der Waals surface area contributed by atoms with Crippen LogP contribution in [-0.2, 0) is 11.3 Å². The van der Waals surface area contributed by atoms with Gasteiger partial charge < -0.3 is 9.30 Å². The molecule has 0 spiro atoms. The second kappa shape index (κ2) is 7.14. The monoisotopic (exact) mass is 376 g/mol. The minimum atomic E-state index is -0.0584. The average Bonchev–Trinajstić information content (AvgIpc) is 3.19. The summed E-state index contributed by atoms with van der Waals surface area (Å²) in [5, 5.41) is 5.12. The third-order valence-corrected chi connectivity index (χ3v) is 5.10. The predicted molar refractivity (Wildman–Crippen MR) is 105 cm³/mol. The van der Waals surface area contributed by atoms with Crippen LogP contribution in [0, 0.1) is 0 Å². The number of fused-ring (bicyclic) bond motifs is 3. The molecule has 8 nitrogen and oxygen atoms in total. The highest BCUT2D eigenvalue weighted by atomic mass is 16.5. The molecular formula is C20H20N6O2. The highest BCUT2D eigenvalue weighted by Gasteiger charge is 2.14. The fraction of sp³-hybridized carbons (Fsp3) is 0.300. The quantitative estimate of drug-likeness (QED) is 0.536. The number of rotatable bonds is 4. The Morgan fingerprint density at radius 1 is 1.04 bits per heavy atom. The summed E-state index contributed by atoms with van der Waals surface area (Å²) >= 11 is 0. The van der Waals surface area contributed by atoms with Crippen LogP contribution in [0.15, 0.2) is 53.6 Å². The van der Waals surface area contributed by atoms with Crippen LogP contribution in [0.5, 0.6) is 0 Å². The van der Waals surface area contributed by atoms with Crippen molar-refractivity contribution in [1.82, 2.24) is 29.0 Å². The number of hydrogen-bond donors (Lipinski definition) is 0. The van der Waals surface area contributed by atoms with Gasteiger partial charge in [0, 0.05) is 44.1 Å². The lowest BCUT2D eigenvalue weighted by atomic mass is 10.2. The molecule has 4 heterocycles. The maximum Gasteiger partial charge on any atom is 0.261 e. The molecule has 1 aromatic carbocycles. The maximum atomic E-state index is 12.9. The molecule has 0 saturated carbocycles. The van der Waals surface area contributed by atoms with Crippen LogP contribution in [0.4, 0.5) is 0 Å². The molecule has 8 heteroatoms. The molecule has 1 aliphatic heterocycles. The third-order valence-electron chi connectivity index (χ3n) is 5.10. The molecule has 4 aromatic rings. The van der Waals surface area contributed by atoms with Crippen molar-refractivity contribution >= 4 is 16.7 Å². The van der Waals surface area contributed by atoms with Crippen LogP contribution in [0.2, 0.25) is 0 Å². The largest absolute Gasteiger partial charge is 0.379 e. The van der Waals surface area contributed by atoms with E-state index in [9.17, 15) is 4.79 Å². The molecule has 0 bridgehead atoms. The van der Waals surface area contributed by atoms with E-state index in [0.29, 0.717) is 29.0 Å². The van der Waals surface area contributed by atoms with Crippen LogP contribution in [0.25, 0.3) is 28.1 Å². The second-order valence-corrected chi connectivity index (χ2v) is 6.84. The summed E-state index contributed by atoms with van der Waals surface area (Å²) in [7, 11) is 0. The Bertz CT molecular complexity index is 1180. The number of ether oxygens (including phenoxy) is 1. The van der Waals surface area contributed by atoms with Gasteiger partial charge in [-0.3, -0.25) is 9.69 Å². The molecule has 1 aliphatic rings. The predicted octanol–water partition coefficient (Wildman–Crippen LogP) is 1.44. The molecule has 5 rings (SSSR count). The molecule has 0 atom stereocenters. The van der Waals surface area contributed by atoms with Gasteiger partial charge in [-0.1, -0.05) is 30.3 Å². The van der Waals surface area contributed by atoms with Gasteiger partial charge >= 0.3 is 0 Å². The van der Waals surface area contributed by atoms with Crippen LogP contribution in [0.3, 0.4) is 0 Å². The highest BCUT2D eigenvalue weighted by Crippen LogP contribution is 2.17. The van der Waals surface area contributed by atoms with Crippen LogP contribution >= 0.6 is 0 Å². The fourth-order valence-electron chi connectivity index (χ4n) is 3.52. The van der Waals surface area contributed by atoms with Crippen molar-refractivity contribution in [1.29, 1.82) is 0 Å². The van der Waals surface area contributed by atoms with Gasteiger partial charge in [0.05, 0.1) is 24.1 Å². The average molecular weight is 376 g/mol. The zero-order valence-electron chi connectivity index (χ0n) is 15.4. The molecular weight excluding hydrogens is 356 g/mol. The minimum Gasteiger partial charge on any atom is -0.379 e. The number of hydrogen-bond acceptors (Lipinski definition) is 6. The first-order valence-electron chi connectivity index (χ1n) is 9.40. The van der Waals surface area contributed by atoms with Gasteiger partial charge in [-0.05, 0) is 6.07 Å². The van der Waals surface area contributed by atoms with E-state index in [1.165, 1.54) is 0 Å². The molecule has 0 unspecified atom stereocenters. The van der Waals surface area contributed by atoms with Crippen molar-refractivity contribution < 1.29 is 4.74 Å². The van der Waals surface area contributed by atoms with Gasteiger partial charge in [0.2, 0.25) is 0 Å². The SMILES string of the molecule is O=c1c2cnc3nc(-c4ccccc4)nn3c2ccn1CCN1CCOCC1. The number of aromatic nitrogens is 5. The first kappa shape index (κ1) is 17.0. The lowest BCUT2D eigenvalue weighted by molar-refractivity contribution is 0.0363. The zero-order chi connectivity index (χ0) is 18.9. The van der Waals surface area contributed by atoms with Crippen molar-refractivity contribution in [2.75, 3.05) is 32.8 Å². The van der Waals surface area contributed by atoms with Crippen molar-refractivity contribution in [3.63, 3.8) is 0 Å². The van der Waals surface area contributed by atoms with Crippen molar-refractivity contribution in [3.05, 3.63) is 59.1 Å². The second-order valence-electron chi connectivity index (χ2n) is 6.84. The van der Waals surface area contributed by atoms with Crippen LogP contribution in [0.1, 0.15) is 0 Å². The van der Waals surface area contributed by atoms with E-state index in [0.717, 1.165) is 38.4 Å². The Kier molecular flexibility index (Phi) is 4.34. The summed E-state index contributed by atoms with van der Waals surface area (Å²) in [5.74, 6) is 1.08. The number of pyridine rings is 1. The summed E-state index contributed by atoms with van der Waals surface area (Å²) < 4.78 is 8.75. The van der Waals surface area contributed by atoms with Crippen molar-refractivity contribution in [2.45, 2.75) is 6.54 Å². The number of nitrogens with zero attached hydrogens (tertiary/aromatic N) is 6. The Morgan fingerprint density at radius 3 is 2.68 bits per heavy atom. The zero-order valence-corrected chi connectivity index (χ0v) is 15.4. The van der Waals surface area contributed by atoms with E-state index in [1.807, 2.05) is 42.6 Å². The first-order chi connectivity index (χ1) is 13.8. The molecule has 142 valence electrons. The van der Waals surface area contributed by atoms with E-state index in [2.05, 4.69) is 20.0 Å². The topological polar surface area (TPSA) is 77.6 Å². The van der Waals surface area contributed by atoms with E-state index in [4.69, 9.17) is 4.74 Å². The Balaban J connectivity index is 1.50. The number of morpholine rings is 1. The molecule has 3 aromatic heterocycles. The van der Waals surface area contributed by atoms with Gasteiger partial charge in [-0.2, -0.15) is 9.50 Å². The molecule has 1 fully saturated rings. The van der Waals surface area contributed by atoms with Gasteiger partial charge in [-0.15, -0.1) is 5.10 Å². The van der Waals surface area contributed by atoms with Crippen molar-refractivity contribution in [2.24, 2.45) is 0 Å². The Hall–Kier alpha value is -3.10. The lowest BCUT2D eigenvalue weighted by Gasteiger charge is -2.26. The van der Waals surface area contributed by atoms with E-state index < -0.39 is 0 Å². The smallest absolute Gasteiger partial charge is 0.261 e. The minimum absolute atomic E-state index is 0.0584. The lowest BCUT2D eigenvalue weighted by Crippen LogP contribution is -2.39. The summed E-state index contributed by atoms with van der Waals surface area (Å²) in [6.45, 7) is 4.79. The summed E-state index contributed by atoms with van der Waals surface area (Å²) in [5.41, 5.74) is 1.57.